The van der Waals surface area contributed by atoms with Gasteiger partial charge in [-0.05, 0) is 31.6 Å². The van der Waals surface area contributed by atoms with Crippen LogP contribution in [0.25, 0.3) is 0 Å². The molecule has 2 unspecified atom stereocenters. The van der Waals surface area contributed by atoms with Crippen LogP contribution in [0.1, 0.15) is 84.0 Å². The minimum absolute atomic E-state index is 0.00569. The average molecular weight is 275 g/mol. The smallest absolute Gasteiger partial charge is 0.0475 e. The standard InChI is InChI=1S/C16H31ClO/c1-2-3-4-5-6-8-12-16(17)13-9-7-10-15(16)11-14-18/h15,18H,2-14H2,1H3. The number of hydrogen-bond donors (Lipinski definition) is 1. The second-order valence-corrected chi connectivity index (χ2v) is 6.76. The topological polar surface area (TPSA) is 20.2 Å². The molecule has 1 aliphatic carbocycles. The van der Waals surface area contributed by atoms with E-state index < -0.39 is 0 Å². The van der Waals surface area contributed by atoms with Crippen molar-refractivity contribution in [1.82, 2.24) is 0 Å². The highest BCUT2D eigenvalue weighted by atomic mass is 35.5. The van der Waals surface area contributed by atoms with Crippen LogP contribution < -0.4 is 0 Å². The number of halogens is 1. The Morgan fingerprint density at radius 2 is 1.83 bits per heavy atom. The summed E-state index contributed by atoms with van der Waals surface area (Å²) in [5, 5.41) is 9.16. The van der Waals surface area contributed by atoms with Crippen LogP contribution in [0.5, 0.6) is 0 Å². The zero-order chi connectivity index (χ0) is 13.3. The van der Waals surface area contributed by atoms with Crippen LogP contribution in [0.2, 0.25) is 0 Å². The van der Waals surface area contributed by atoms with E-state index in [1.807, 2.05) is 0 Å². The Balaban J connectivity index is 2.23. The van der Waals surface area contributed by atoms with Gasteiger partial charge in [0.1, 0.15) is 0 Å². The van der Waals surface area contributed by atoms with Crippen molar-refractivity contribution < 1.29 is 5.11 Å². The molecule has 2 atom stereocenters. The van der Waals surface area contributed by atoms with E-state index in [-0.39, 0.29) is 4.87 Å². The summed E-state index contributed by atoms with van der Waals surface area (Å²) in [4.78, 5) is 0.00569. The van der Waals surface area contributed by atoms with Gasteiger partial charge in [0.15, 0.2) is 0 Å². The lowest BCUT2D eigenvalue weighted by molar-refractivity contribution is 0.183. The van der Waals surface area contributed by atoms with Crippen molar-refractivity contribution in [2.45, 2.75) is 88.8 Å². The van der Waals surface area contributed by atoms with Gasteiger partial charge < -0.3 is 5.11 Å². The summed E-state index contributed by atoms with van der Waals surface area (Å²) >= 11 is 6.85. The van der Waals surface area contributed by atoms with Gasteiger partial charge in [0.2, 0.25) is 0 Å². The van der Waals surface area contributed by atoms with Gasteiger partial charge in [0, 0.05) is 11.5 Å². The number of hydrogen-bond acceptors (Lipinski definition) is 1. The summed E-state index contributed by atoms with van der Waals surface area (Å²) < 4.78 is 0. The fourth-order valence-corrected chi connectivity index (χ4v) is 3.85. The molecule has 0 aromatic heterocycles. The van der Waals surface area contributed by atoms with Crippen molar-refractivity contribution in [2.24, 2.45) is 5.92 Å². The maximum absolute atomic E-state index is 9.16. The maximum Gasteiger partial charge on any atom is 0.0475 e. The number of rotatable bonds is 9. The second kappa shape index (κ2) is 9.20. The summed E-state index contributed by atoms with van der Waals surface area (Å²) in [5.41, 5.74) is 0. The molecule has 0 aromatic rings. The van der Waals surface area contributed by atoms with Crippen LogP contribution in [-0.4, -0.2) is 16.6 Å². The Bertz CT molecular complexity index is 205. The molecule has 1 rings (SSSR count). The molecule has 108 valence electrons. The van der Waals surface area contributed by atoms with E-state index in [9.17, 15) is 0 Å². The van der Waals surface area contributed by atoms with E-state index in [4.69, 9.17) is 16.7 Å². The highest BCUT2D eigenvalue weighted by Crippen LogP contribution is 2.44. The van der Waals surface area contributed by atoms with Crippen molar-refractivity contribution >= 4 is 11.6 Å². The average Bonchev–Trinajstić information content (AvgIpc) is 2.37. The summed E-state index contributed by atoms with van der Waals surface area (Å²) in [6.45, 7) is 2.56. The fourth-order valence-electron chi connectivity index (χ4n) is 3.36. The monoisotopic (exact) mass is 274 g/mol. The van der Waals surface area contributed by atoms with Crippen LogP contribution in [0.4, 0.5) is 0 Å². The van der Waals surface area contributed by atoms with Crippen LogP contribution in [-0.2, 0) is 0 Å². The van der Waals surface area contributed by atoms with E-state index in [1.165, 1.54) is 57.8 Å². The zero-order valence-electron chi connectivity index (χ0n) is 12.1. The van der Waals surface area contributed by atoms with E-state index in [0.29, 0.717) is 12.5 Å². The molecule has 2 heteroatoms. The first-order chi connectivity index (χ1) is 8.73. The molecule has 0 spiro atoms. The Kier molecular flexibility index (Phi) is 8.33. The minimum atomic E-state index is 0.00569. The summed E-state index contributed by atoms with van der Waals surface area (Å²) in [6.07, 6.45) is 15.1. The third-order valence-electron chi connectivity index (χ3n) is 4.55. The first-order valence-electron chi connectivity index (χ1n) is 8.02. The first kappa shape index (κ1) is 16.3. The van der Waals surface area contributed by atoms with Crippen LogP contribution in [0, 0.1) is 5.92 Å². The molecule has 0 saturated heterocycles. The van der Waals surface area contributed by atoms with E-state index in [0.717, 1.165) is 19.3 Å². The Morgan fingerprint density at radius 1 is 1.11 bits per heavy atom. The lowest BCUT2D eigenvalue weighted by Crippen LogP contribution is -2.35. The number of aliphatic hydroxyl groups excluding tert-OH is 1. The first-order valence-corrected chi connectivity index (χ1v) is 8.40. The highest BCUT2D eigenvalue weighted by Gasteiger charge is 2.37. The lowest BCUT2D eigenvalue weighted by atomic mass is 9.74. The van der Waals surface area contributed by atoms with Gasteiger partial charge in [0.05, 0.1) is 0 Å². The molecule has 0 bridgehead atoms. The Labute approximate surface area is 118 Å². The van der Waals surface area contributed by atoms with Gasteiger partial charge in [-0.15, -0.1) is 11.6 Å². The normalized spacial score (nSPS) is 28.5. The van der Waals surface area contributed by atoms with Gasteiger partial charge in [-0.3, -0.25) is 0 Å². The molecule has 1 fully saturated rings. The van der Waals surface area contributed by atoms with E-state index in [1.54, 1.807) is 0 Å². The van der Waals surface area contributed by atoms with Crippen LogP contribution in [0.15, 0.2) is 0 Å². The third-order valence-corrected chi connectivity index (χ3v) is 5.24. The van der Waals surface area contributed by atoms with Gasteiger partial charge in [0.25, 0.3) is 0 Å². The lowest BCUT2D eigenvalue weighted by Gasteiger charge is -2.39. The van der Waals surface area contributed by atoms with Gasteiger partial charge in [-0.25, -0.2) is 0 Å². The van der Waals surface area contributed by atoms with Crippen LogP contribution in [0.3, 0.4) is 0 Å². The SMILES string of the molecule is CCCCCCCCC1(Cl)CCCCC1CCO. The molecule has 1 nitrogen and oxygen atoms in total. The molecule has 1 N–H and O–H groups in total. The highest BCUT2D eigenvalue weighted by molar-refractivity contribution is 6.24. The molecule has 1 saturated carbocycles. The number of aliphatic hydroxyl groups is 1. The van der Waals surface area contributed by atoms with Crippen molar-refractivity contribution in [2.75, 3.05) is 6.61 Å². The zero-order valence-corrected chi connectivity index (χ0v) is 12.9. The van der Waals surface area contributed by atoms with E-state index in [2.05, 4.69) is 6.92 Å². The Morgan fingerprint density at radius 3 is 2.56 bits per heavy atom. The summed E-state index contributed by atoms with van der Waals surface area (Å²) in [5.74, 6) is 0.550. The molecule has 0 amide bonds. The van der Waals surface area contributed by atoms with Gasteiger partial charge in [-0.1, -0.05) is 58.3 Å². The van der Waals surface area contributed by atoms with Crippen molar-refractivity contribution in [1.29, 1.82) is 0 Å². The number of unbranched alkanes of at least 4 members (excludes halogenated alkanes) is 5. The van der Waals surface area contributed by atoms with Crippen molar-refractivity contribution in [3.05, 3.63) is 0 Å². The summed E-state index contributed by atoms with van der Waals surface area (Å²) in [6, 6.07) is 0. The molecule has 0 aliphatic heterocycles. The quantitative estimate of drug-likeness (QED) is 0.448. The van der Waals surface area contributed by atoms with Gasteiger partial charge in [-0.2, -0.15) is 0 Å². The molecule has 0 heterocycles. The molecule has 0 radical (unpaired) electrons. The molecular weight excluding hydrogens is 244 g/mol. The largest absolute Gasteiger partial charge is 0.396 e. The Hall–Kier alpha value is 0.250. The predicted molar refractivity (Wildman–Crippen MR) is 80.2 cm³/mol. The fraction of sp³-hybridized carbons (Fsp3) is 1.00. The van der Waals surface area contributed by atoms with Crippen LogP contribution >= 0.6 is 11.6 Å². The van der Waals surface area contributed by atoms with Gasteiger partial charge >= 0.3 is 0 Å². The molecule has 0 aromatic carbocycles. The summed E-state index contributed by atoms with van der Waals surface area (Å²) in [7, 11) is 0. The maximum atomic E-state index is 9.16. The third kappa shape index (κ3) is 5.48. The molecule has 1 aliphatic rings. The van der Waals surface area contributed by atoms with Crippen molar-refractivity contribution in [3.63, 3.8) is 0 Å². The molecule has 18 heavy (non-hydrogen) atoms. The van der Waals surface area contributed by atoms with E-state index >= 15 is 0 Å². The molecular formula is C16H31ClO. The number of alkyl halides is 1. The minimum Gasteiger partial charge on any atom is -0.396 e. The predicted octanol–water partition coefficient (Wildman–Crippen LogP) is 5.29. The van der Waals surface area contributed by atoms with Crippen molar-refractivity contribution in [3.8, 4) is 0 Å². The second-order valence-electron chi connectivity index (χ2n) is 6.01.